The lowest BCUT2D eigenvalue weighted by Crippen LogP contribution is -2.11. The van der Waals surface area contributed by atoms with Gasteiger partial charge in [-0.2, -0.15) is 9.36 Å². The Labute approximate surface area is 146 Å². The molecular formula is C17H10ClN4OS. The van der Waals surface area contributed by atoms with Crippen molar-refractivity contribution in [2.75, 3.05) is 5.32 Å². The van der Waals surface area contributed by atoms with Gasteiger partial charge in [0.2, 0.25) is 5.13 Å². The molecule has 0 bridgehead atoms. The van der Waals surface area contributed by atoms with Gasteiger partial charge in [0.25, 0.3) is 5.91 Å². The van der Waals surface area contributed by atoms with Crippen LogP contribution in [0.3, 0.4) is 0 Å². The van der Waals surface area contributed by atoms with E-state index in [1.165, 1.54) is 0 Å². The molecule has 0 saturated heterocycles. The van der Waals surface area contributed by atoms with Gasteiger partial charge in [0.15, 0.2) is 5.82 Å². The van der Waals surface area contributed by atoms with E-state index in [0.29, 0.717) is 21.5 Å². The van der Waals surface area contributed by atoms with Gasteiger partial charge in [-0.1, -0.05) is 41.9 Å². The molecule has 0 unspecified atom stereocenters. The molecule has 2 aromatic carbocycles. The lowest BCUT2D eigenvalue weighted by atomic mass is 10.2. The van der Waals surface area contributed by atoms with Gasteiger partial charge in [0.05, 0.1) is 16.8 Å². The summed E-state index contributed by atoms with van der Waals surface area (Å²) in [7, 11) is 0. The van der Waals surface area contributed by atoms with Gasteiger partial charge in [-0.15, -0.1) is 0 Å². The molecule has 117 valence electrons. The molecule has 0 aliphatic carbocycles. The number of nitrogens with zero attached hydrogens (tertiary/aromatic N) is 2. The molecule has 0 aliphatic rings. The summed E-state index contributed by atoms with van der Waals surface area (Å²) in [6, 6.07) is 14.8. The zero-order valence-corrected chi connectivity index (χ0v) is 13.8. The molecule has 7 heteroatoms. The van der Waals surface area contributed by atoms with Crippen LogP contribution in [0, 0.1) is 6.20 Å². The highest BCUT2D eigenvalue weighted by Gasteiger charge is 2.15. The Morgan fingerprint density at radius 1 is 1.17 bits per heavy atom. The molecular weight excluding hydrogens is 344 g/mol. The summed E-state index contributed by atoms with van der Waals surface area (Å²) in [5.41, 5.74) is 2.03. The average Bonchev–Trinajstić information content (AvgIpc) is 3.22. The largest absolute Gasteiger partial charge is 0.353 e. The summed E-state index contributed by atoms with van der Waals surface area (Å²) >= 11 is 7.26. The number of rotatable bonds is 3. The van der Waals surface area contributed by atoms with Crippen molar-refractivity contribution in [3.8, 4) is 11.4 Å². The van der Waals surface area contributed by atoms with E-state index in [1.54, 1.807) is 6.07 Å². The van der Waals surface area contributed by atoms with E-state index in [-0.39, 0.29) is 5.91 Å². The van der Waals surface area contributed by atoms with Crippen molar-refractivity contribution in [3.63, 3.8) is 0 Å². The number of hydrogen-bond acceptors (Lipinski definition) is 4. The van der Waals surface area contributed by atoms with E-state index in [4.69, 9.17) is 11.6 Å². The molecule has 24 heavy (non-hydrogen) atoms. The summed E-state index contributed by atoms with van der Waals surface area (Å²) in [5.74, 6) is 0.207. The van der Waals surface area contributed by atoms with E-state index in [1.807, 2.05) is 42.5 Å². The fourth-order valence-corrected chi connectivity index (χ4v) is 3.17. The Morgan fingerprint density at radius 2 is 1.96 bits per heavy atom. The maximum Gasteiger partial charge on any atom is 0.260 e. The summed E-state index contributed by atoms with van der Waals surface area (Å²) in [6.07, 6.45) is 2.88. The first-order chi connectivity index (χ1) is 11.7. The first-order valence-electron chi connectivity index (χ1n) is 7.11. The van der Waals surface area contributed by atoms with Crippen LogP contribution in [0.4, 0.5) is 5.13 Å². The molecule has 0 saturated carbocycles. The molecule has 0 fully saturated rings. The minimum Gasteiger partial charge on any atom is -0.353 e. The number of carbonyl (C=O) groups excluding carboxylic acids is 1. The highest BCUT2D eigenvalue weighted by molar-refractivity contribution is 7.10. The second-order valence-corrected chi connectivity index (χ2v) is 6.19. The minimum absolute atomic E-state index is 0.283. The van der Waals surface area contributed by atoms with Gasteiger partial charge < -0.3 is 4.98 Å². The van der Waals surface area contributed by atoms with Crippen molar-refractivity contribution in [3.05, 3.63) is 65.3 Å². The number of hydrogen-bond donors (Lipinski definition) is 2. The zero-order chi connectivity index (χ0) is 16.5. The smallest absolute Gasteiger partial charge is 0.260 e. The molecule has 0 aliphatic heterocycles. The molecule has 0 spiro atoms. The Hall–Kier alpha value is -2.70. The molecule has 2 N–H and O–H groups in total. The van der Waals surface area contributed by atoms with Crippen molar-refractivity contribution in [1.29, 1.82) is 0 Å². The normalized spacial score (nSPS) is 10.9. The van der Waals surface area contributed by atoms with Crippen LogP contribution in [0.2, 0.25) is 5.02 Å². The zero-order valence-electron chi connectivity index (χ0n) is 12.2. The van der Waals surface area contributed by atoms with Crippen LogP contribution in [0.5, 0.6) is 0 Å². The van der Waals surface area contributed by atoms with Crippen LogP contribution in [-0.4, -0.2) is 20.2 Å². The van der Waals surface area contributed by atoms with E-state index >= 15 is 0 Å². The summed E-state index contributed by atoms with van der Waals surface area (Å²) < 4.78 is 4.26. The lowest BCUT2D eigenvalue weighted by Gasteiger charge is -1.99. The number of aromatic amines is 1. The average molecular weight is 354 g/mol. The van der Waals surface area contributed by atoms with Crippen LogP contribution in [0.15, 0.2) is 48.5 Å². The summed E-state index contributed by atoms with van der Waals surface area (Å²) in [5, 5.41) is 4.55. The lowest BCUT2D eigenvalue weighted by molar-refractivity contribution is 0.102. The maximum absolute atomic E-state index is 12.5. The fourth-order valence-electron chi connectivity index (χ4n) is 2.37. The van der Waals surface area contributed by atoms with Crippen molar-refractivity contribution in [2.45, 2.75) is 0 Å². The second-order valence-electron chi connectivity index (χ2n) is 5.03. The third-order valence-corrected chi connectivity index (χ3v) is 4.47. The number of benzene rings is 2. The minimum atomic E-state index is -0.283. The molecule has 4 rings (SSSR count). The number of para-hydroxylation sites is 1. The third kappa shape index (κ3) is 2.66. The van der Waals surface area contributed by atoms with Crippen molar-refractivity contribution in [1.82, 2.24) is 14.3 Å². The molecule has 1 amide bonds. The Bertz CT molecular complexity index is 1040. The molecule has 0 atom stereocenters. The van der Waals surface area contributed by atoms with Crippen LogP contribution in [0.25, 0.3) is 22.3 Å². The Balaban J connectivity index is 1.60. The molecule has 2 aromatic heterocycles. The number of fused-ring (bicyclic) bond motifs is 1. The van der Waals surface area contributed by atoms with E-state index < -0.39 is 0 Å². The second kappa shape index (κ2) is 6.07. The quantitative estimate of drug-likeness (QED) is 0.573. The van der Waals surface area contributed by atoms with Gasteiger partial charge >= 0.3 is 0 Å². The maximum atomic E-state index is 12.5. The highest BCUT2D eigenvalue weighted by Crippen LogP contribution is 2.28. The standard InChI is InChI=1S/C17H10ClN4OS/c18-13-7-3-1-6-11(13)15-20-17(24-22-15)21-16(23)12-9-19-14-8-4-2-5-10(12)14/h1-8,19H,(H,20,21,22,23). The fraction of sp³-hybridized carbons (Fsp3) is 0. The van der Waals surface area contributed by atoms with Gasteiger partial charge in [-0.25, -0.2) is 0 Å². The number of aromatic nitrogens is 3. The molecule has 5 nitrogen and oxygen atoms in total. The number of anilines is 1. The number of H-pyrrole nitrogens is 1. The Kier molecular flexibility index (Phi) is 3.76. The predicted octanol–water partition coefficient (Wildman–Crippen LogP) is 4.39. The Morgan fingerprint density at radius 3 is 2.83 bits per heavy atom. The van der Waals surface area contributed by atoms with Gasteiger partial charge in [0, 0.05) is 28.0 Å². The van der Waals surface area contributed by atoms with E-state index in [0.717, 1.165) is 28.0 Å². The summed E-state index contributed by atoms with van der Waals surface area (Å²) in [4.78, 5) is 19.7. The number of amides is 1. The van der Waals surface area contributed by atoms with Gasteiger partial charge in [0.1, 0.15) is 0 Å². The van der Waals surface area contributed by atoms with E-state index in [2.05, 4.69) is 25.9 Å². The first kappa shape index (κ1) is 14.9. The topological polar surface area (TPSA) is 70.7 Å². The van der Waals surface area contributed by atoms with Crippen LogP contribution in [0.1, 0.15) is 10.4 Å². The van der Waals surface area contributed by atoms with Crippen LogP contribution < -0.4 is 5.32 Å². The number of carbonyl (C=O) groups is 1. The van der Waals surface area contributed by atoms with Gasteiger partial charge in [-0.05, 0) is 18.2 Å². The summed E-state index contributed by atoms with van der Waals surface area (Å²) in [6.45, 7) is 0. The first-order valence-corrected chi connectivity index (χ1v) is 8.26. The van der Waals surface area contributed by atoms with Crippen molar-refractivity contribution < 1.29 is 4.79 Å². The third-order valence-electron chi connectivity index (χ3n) is 3.51. The van der Waals surface area contributed by atoms with Crippen molar-refractivity contribution in [2.24, 2.45) is 0 Å². The van der Waals surface area contributed by atoms with Gasteiger partial charge in [-0.3, -0.25) is 10.1 Å². The molecule has 4 aromatic rings. The molecule has 2 heterocycles. The number of halogens is 1. The predicted molar refractivity (Wildman–Crippen MR) is 95.4 cm³/mol. The van der Waals surface area contributed by atoms with E-state index in [9.17, 15) is 4.79 Å². The monoisotopic (exact) mass is 353 g/mol. The van der Waals surface area contributed by atoms with Crippen LogP contribution >= 0.6 is 23.1 Å². The number of nitrogens with one attached hydrogen (secondary N) is 2. The SMILES string of the molecule is O=C(Nc1nc(-c2ccccc2Cl)ns1)c1[c][nH]c2ccccc12. The van der Waals surface area contributed by atoms with Crippen molar-refractivity contribution >= 4 is 45.1 Å². The molecule has 1 radical (unpaired) electrons. The highest BCUT2D eigenvalue weighted by atomic mass is 35.5. The van der Waals surface area contributed by atoms with Crippen LogP contribution in [-0.2, 0) is 0 Å².